The fourth-order valence-corrected chi connectivity index (χ4v) is 7.59. The fraction of sp³-hybridized carbons (Fsp3) is 0.588. The number of hydrogen-bond acceptors (Lipinski definition) is 10. The highest BCUT2D eigenvalue weighted by Gasteiger charge is 2.28. The SMILES string of the molecule is Cc1nc2n(c(=O)c1CCCl)CCC=C2.Cc1nc2n(c(=O)c1CCCl)CCCC2O.Cc1nc2n(c(=O)c1CCCl)CCCC2OS(C)(=O)=O. The van der Waals surface area contributed by atoms with E-state index >= 15 is 0 Å². The summed E-state index contributed by atoms with van der Waals surface area (Å²) in [5.74, 6) is 2.89. The lowest BCUT2D eigenvalue weighted by Gasteiger charge is -2.26. The summed E-state index contributed by atoms with van der Waals surface area (Å²) in [4.78, 5) is 49.7. The number of rotatable bonds is 8. The molecule has 6 rings (SSSR count). The molecule has 3 aliphatic rings. The molecule has 1 N–H and O–H groups in total. The van der Waals surface area contributed by atoms with E-state index in [-0.39, 0.29) is 16.7 Å². The Kier molecular flexibility index (Phi) is 14.6. The summed E-state index contributed by atoms with van der Waals surface area (Å²) in [6.45, 7) is 7.30. The van der Waals surface area contributed by atoms with E-state index in [1.165, 1.54) is 4.57 Å². The highest BCUT2D eigenvalue weighted by molar-refractivity contribution is 7.86. The lowest BCUT2D eigenvalue weighted by molar-refractivity contribution is 0.130. The minimum absolute atomic E-state index is 0.0399. The van der Waals surface area contributed by atoms with Crippen molar-refractivity contribution >= 4 is 51.0 Å². The highest BCUT2D eigenvalue weighted by atomic mass is 35.5. The molecule has 3 aromatic rings. The first-order chi connectivity index (χ1) is 24.2. The van der Waals surface area contributed by atoms with Crippen LogP contribution in [0.1, 0.15) is 95.6 Å². The van der Waals surface area contributed by atoms with E-state index < -0.39 is 22.3 Å². The quantitative estimate of drug-likeness (QED) is 0.260. The van der Waals surface area contributed by atoms with E-state index in [9.17, 15) is 27.9 Å². The van der Waals surface area contributed by atoms with Crippen molar-refractivity contribution in [2.45, 2.75) is 104 Å². The van der Waals surface area contributed by atoms with Crippen molar-refractivity contribution in [1.82, 2.24) is 28.7 Å². The van der Waals surface area contributed by atoms with Crippen LogP contribution in [0.3, 0.4) is 0 Å². The molecule has 0 aromatic carbocycles. The third-order valence-corrected chi connectivity index (χ3v) is 10.0. The Hall–Kier alpha value is -2.88. The maximum absolute atomic E-state index is 12.4. The third-order valence-electron chi connectivity index (χ3n) is 8.90. The first-order valence-electron chi connectivity index (χ1n) is 16.9. The first-order valence-corrected chi connectivity index (χ1v) is 20.4. The van der Waals surface area contributed by atoms with Gasteiger partial charge in [-0.1, -0.05) is 6.08 Å². The molecule has 0 saturated carbocycles. The second-order valence-corrected chi connectivity index (χ2v) is 15.3. The van der Waals surface area contributed by atoms with Crippen LogP contribution in [0.4, 0.5) is 0 Å². The summed E-state index contributed by atoms with van der Waals surface area (Å²) in [5.41, 5.74) is 3.99. The number of hydrogen-bond donors (Lipinski definition) is 1. The van der Waals surface area contributed by atoms with Gasteiger partial charge >= 0.3 is 0 Å². The Labute approximate surface area is 312 Å². The van der Waals surface area contributed by atoms with E-state index in [1.54, 1.807) is 23.0 Å². The Morgan fingerprint density at radius 3 is 1.75 bits per heavy atom. The van der Waals surface area contributed by atoms with Gasteiger partial charge in [-0.3, -0.25) is 32.3 Å². The van der Waals surface area contributed by atoms with Crippen LogP contribution in [-0.2, 0) is 53.2 Å². The molecule has 51 heavy (non-hydrogen) atoms. The van der Waals surface area contributed by atoms with E-state index in [1.807, 2.05) is 19.1 Å². The molecule has 3 aromatic heterocycles. The van der Waals surface area contributed by atoms with Gasteiger partial charge in [0.25, 0.3) is 26.8 Å². The highest BCUT2D eigenvalue weighted by Crippen LogP contribution is 2.28. The summed E-state index contributed by atoms with van der Waals surface area (Å²) >= 11 is 17.0. The Morgan fingerprint density at radius 1 is 0.745 bits per heavy atom. The molecular weight excluding hydrogens is 743 g/mol. The van der Waals surface area contributed by atoms with Gasteiger partial charge in [0.05, 0.1) is 6.26 Å². The van der Waals surface area contributed by atoms with Crippen LogP contribution in [0.25, 0.3) is 6.08 Å². The van der Waals surface area contributed by atoms with Crippen molar-refractivity contribution in [3.63, 3.8) is 0 Å². The lowest BCUT2D eigenvalue weighted by Crippen LogP contribution is -2.35. The molecule has 0 saturated heterocycles. The Morgan fingerprint density at radius 2 is 1.22 bits per heavy atom. The molecule has 3 aliphatic heterocycles. The average molecular weight is 788 g/mol. The van der Waals surface area contributed by atoms with Crippen molar-refractivity contribution in [1.29, 1.82) is 0 Å². The zero-order chi connectivity index (χ0) is 37.5. The van der Waals surface area contributed by atoms with Crippen molar-refractivity contribution in [3.05, 3.63) is 88.4 Å². The normalized spacial score (nSPS) is 17.6. The van der Waals surface area contributed by atoms with Gasteiger partial charge in [-0.15, -0.1) is 34.8 Å². The lowest BCUT2D eigenvalue weighted by atomic mass is 10.1. The van der Waals surface area contributed by atoms with Gasteiger partial charge in [0.15, 0.2) is 0 Å². The summed E-state index contributed by atoms with van der Waals surface area (Å²) in [5, 5.41) is 9.78. The molecule has 2 unspecified atom stereocenters. The van der Waals surface area contributed by atoms with Gasteiger partial charge in [0, 0.05) is 71.0 Å². The number of halogens is 3. The second kappa shape index (κ2) is 18.2. The number of nitrogens with zero attached hydrogens (tertiary/aromatic N) is 6. The van der Waals surface area contributed by atoms with Crippen LogP contribution in [-0.4, -0.2) is 66.1 Å². The predicted octanol–water partition coefficient (Wildman–Crippen LogP) is 4.05. The average Bonchev–Trinajstić information content (AvgIpc) is 3.08. The van der Waals surface area contributed by atoms with Crippen LogP contribution in [0.5, 0.6) is 0 Å². The number of alkyl halides is 3. The topological polar surface area (TPSA) is 168 Å². The number of aromatic nitrogens is 6. The standard InChI is InChI=1S/C12H17ClN2O4S.C11H15ClN2O2.C11H13ClN2O/c1-8-9(5-6-13)12(16)15-7-3-4-10(11(15)14-8)19-20(2,17)18;1-7-8(4-5-12)11(16)14-6-2-3-9(15)10(14)13-7;1-8-9(5-6-12)11(15)14-7-3-2-4-10(14)13-8/h10H,3-7H2,1-2H3;9,15H,2-6H2,1H3;2,4H,3,5-7H2,1H3. The van der Waals surface area contributed by atoms with E-state index in [0.29, 0.717) is 103 Å². The minimum atomic E-state index is -3.59. The predicted molar refractivity (Wildman–Crippen MR) is 199 cm³/mol. The van der Waals surface area contributed by atoms with Crippen molar-refractivity contribution in [2.24, 2.45) is 0 Å². The fourth-order valence-electron chi connectivity index (χ4n) is 6.42. The maximum atomic E-state index is 12.4. The van der Waals surface area contributed by atoms with Crippen LogP contribution < -0.4 is 16.7 Å². The molecule has 0 spiro atoms. The summed E-state index contributed by atoms with van der Waals surface area (Å²) < 4.78 is 32.5. The van der Waals surface area contributed by atoms with E-state index in [2.05, 4.69) is 15.0 Å². The summed E-state index contributed by atoms with van der Waals surface area (Å²) in [6.07, 6.45) is 8.86. The van der Waals surface area contributed by atoms with Gasteiger partial charge in [-0.25, -0.2) is 15.0 Å². The third kappa shape index (κ3) is 9.96. The smallest absolute Gasteiger partial charge is 0.265 e. The first kappa shape index (κ1) is 40.9. The zero-order valence-corrected chi connectivity index (χ0v) is 32.4. The van der Waals surface area contributed by atoms with Crippen molar-refractivity contribution < 1.29 is 17.7 Å². The largest absolute Gasteiger partial charge is 0.385 e. The van der Waals surface area contributed by atoms with Crippen molar-refractivity contribution in [3.8, 4) is 0 Å². The summed E-state index contributed by atoms with van der Waals surface area (Å²) in [6, 6.07) is 0. The van der Waals surface area contributed by atoms with Gasteiger partial charge < -0.3 is 5.11 Å². The minimum Gasteiger partial charge on any atom is -0.385 e. The monoisotopic (exact) mass is 786 g/mol. The number of fused-ring (bicyclic) bond motifs is 3. The van der Waals surface area contributed by atoms with Gasteiger partial charge in [0.2, 0.25) is 0 Å². The van der Waals surface area contributed by atoms with Crippen LogP contribution in [0, 0.1) is 20.8 Å². The maximum Gasteiger partial charge on any atom is 0.265 e. The molecule has 280 valence electrons. The molecule has 0 fully saturated rings. The molecule has 0 radical (unpaired) electrons. The van der Waals surface area contributed by atoms with Gasteiger partial charge in [0.1, 0.15) is 29.7 Å². The zero-order valence-electron chi connectivity index (χ0n) is 29.3. The Balaban J connectivity index is 0.000000174. The van der Waals surface area contributed by atoms with Crippen LogP contribution in [0.15, 0.2) is 20.5 Å². The molecule has 6 heterocycles. The van der Waals surface area contributed by atoms with E-state index in [4.69, 9.17) is 39.0 Å². The second-order valence-electron chi connectivity index (χ2n) is 12.6. The number of aliphatic hydroxyl groups excluding tert-OH is 1. The number of aliphatic hydroxyl groups is 1. The molecule has 2 atom stereocenters. The van der Waals surface area contributed by atoms with Crippen LogP contribution in [0.2, 0.25) is 0 Å². The number of allylic oxidation sites excluding steroid dienone is 1. The number of aryl methyl sites for hydroxylation is 3. The molecule has 13 nitrogen and oxygen atoms in total. The Bertz CT molecular complexity index is 2050. The summed E-state index contributed by atoms with van der Waals surface area (Å²) in [7, 11) is -3.59. The molecule has 17 heteroatoms. The van der Waals surface area contributed by atoms with Gasteiger partial charge in [-0.05, 0) is 78.2 Å². The molecule has 0 amide bonds. The van der Waals surface area contributed by atoms with Gasteiger partial charge in [-0.2, -0.15) is 8.42 Å². The van der Waals surface area contributed by atoms with Crippen molar-refractivity contribution in [2.75, 3.05) is 23.9 Å². The van der Waals surface area contributed by atoms with Crippen LogP contribution >= 0.6 is 34.8 Å². The molecular formula is C34H45Cl3N6O7S. The molecule has 0 bridgehead atoms. The van der Waals surface area contributed by atoms with E-state index in [0.717, 1.165) is 42.7 Å². The molecule has 0 aliphatic carbocycles.